The number of carbonyl (C=O) groups excluding carboxylic acids is 1. The molecule has 1 aromatic rings. The minimum Gasteiger partial charge on any atom is -0.508 e. The van der Waals surface area contributed by atoms with Gasteiger partial charge in [-0.1, -0.05) is 18.6 Å². The molecule has 4 heteroatoms. The van der Waals surface area contributed by atoms with Crippen molar-refractivity contribution in [2.24, 2.45) is 5.73 Å². The molecule has 0 amide bonds. The third-order valence-corrected chi connectivity index (χ3v) is 3.97. The lowest BCUT2D eigenvalue weighted by Gasteiger charge is -2.17. The van der Waals surface area contributed by atoms with Crippen molar-refractivity contribution < 1.29 is 14.6 Å². The minimum atomic E-state index is -0.133. The Labute approximate surface area is 119 Å². The molecule has 0 fully saturated rings. The average molecular weight is 277 g/mol. The topological polar surface area (TPSA) is 72.5 Å². The number of fused-ring (bicyclic) bond motifs is 1. The molecule has 0 aromatic heterocycles. The van der Waals surface area contributed by atoms with Crippen molar-refractivity contribution in [2.75, 3.05) is 6.61 Å². The first kappa shape index (κ1) is 14.9. The van der Waals surface area contributed by atoms with Crippen molar-refractivity contribution >= 4 is 5.97 Å². The number of carbonyl (C=O) groups is 1. The fourth-order valence-corrected chi connectivity index (χ4v) is 3.04. The highest BCUT2D eigenvalue weighted by atomic mass is 16.5. The largest absolute Gasteiger partial charge is 0.508 e. The van der Waals surface area contributed by atoms with Crippen LogP contribution in [-0.4, -0.2) is 23.7 Å². The van der Waals surface area contributed by atoms with E-state index in [-0.39, 0.29) is 17.9 Å². The van der Waals surface area contributed by atoms with Gasteiger partial charge in [-0.2, -0.15) is 0 Å². The maximum atomic E-state index is 11.3. The second-order valence-corrected chi connectivity index (χ2v) is 5.38. The van der Waals surface area contributed by atoms with E-state index in [1.165, 1.54) is 0 Å². The molecule has 1 aliphatic carbocycles. The van der Waals surface area contributed by atoms with Gasteiger partial charge in [0.25, 0.3) is 0 Å². The molecule has 1 aliphatic rings. The maximum Gasteiger partial charge on any atom is 0.305 e. The van der Waals surface area contributed by atoms with Crippen LogP contribution in [0.3, 0.4) is 0 Å². The van der Waals surface area contributed by atoms with Crippen molar-refractivity contribution in [3.63, 3.8) is 0 Å². The summed E-state index contributed by atoms with van der Waals surface area (Å²) < 4.78 is 4.91. The lowest BCUT2D eigenvalue weighted by Crippen LogP contribution is -2.25. The van der Waals surface area contributed by atoms with Gasteiger partial charge < -0.3 is 15.6 Å². The van der Waals surface area contributed by atoms with Crippen LogP contribution in [-0.2, 0) is 16.0 Å². The smallest absolute Gasteiger partial charge is 0.305 e. The van der Waals surface area contributed by atoms with E-state index in [0.29, 0.717) is 18.8 Å². The summed E-state index contributed by atoms with van der Waals surface area (Å²) in [6, 6.07) is 5.70. The summed E-state index contributed by atoms with van der Waals surface area (Å²) >= 11 is 0. The van der Waals surface area contributed by atoms with Gasteiger partial charge in [-0.15, -0.1) is 0 Å². The average Bonchev–Trinajstić information content (AvgIpc) is 2.72. The van der Waals surface area contributed by atoms with Crippen molar-refractivity contribution in [2.45, 2.75) is 51.0 Å². The predicted molar refractivity (Wildman–Crippen MR) is 77.6 cm³/mol. The molecule has 0 heterocycles. The molecule has 0 bridgehead atoms. The quantitative estimate of drug-likeness (QED) is 0.619. The van der Waals surface area contributed by atoms with Gasteiger partial charge in [0.2, 0.25) is 0 Å². The van der Waals surface area contributed by atoms with Crippen molar-refractivity contribution in [1.82, 2.24) is 0 Å². The Kier molecular flexibility index (Phi) is 5.01. The van der Waals surface area contributed by atoms with E-state index in [1.54, 1.807) is 6.07 Å². The number of hydrogen-bond donors (Lipinski definition) is 2. The highest BCUT2D eigenvalue weighted by molar-refractivity contribution is 5.69. The van der Waals surface area contributed by atoms with Gasteiger partial charge in [0.1, 0.15) is 5.75 Å². The number of ether oxygens (including phenoxy) is 1. The van der Waals surface area contributed by atoms with Gasteiger partial charge in [0, 0.05) is 23.9 Å². The van der Waals surface area contributed by atoms with E-state index in [2.05, 4.69) is 0 Å². The fraction of sp³-hybridized carbons (Fsp3) is 0.562. The lowest BCUT2D eigenvalue weighted by atomic mass is 9.92. The Morgan fingerprint density at radius 3 is 3.00 bits per heavy atom. The molecule has 2 atom stereocenters. The maximum absolute atomic E-state index is 11.3. The zero-order valence-electron chi connectivity index (χ0n) is 12.0. The molecule has 3 N–H and O–H groups in total. The number of rotatable bonds is 6. The first-order valence-electron chi connectivity index (χ1n) is 7.35. The highest BCUT2D eigenvalue weighted by Gasteiger charge is 2.31. The van der Waals surface area contributed by atoms with Crippen LogP contribution in [0.1, 0.15) is 49.7 Å². The van der Waals surface area contributed by atoms with Gasteiger partial charge in [0.15, 0.2) is 0 Å². The van der Waals surface area contributed by atoms with Crippen LogP contribution in [0.5, 0.6) is 5.75 Å². The van der Waals surface area contributed by atoms with Crippen molar-refractivity contribution in [1.29, 1.82) is 0 Å². The Bertz CT molecular complexity index is 473. The molecule has 110 valence electrons. The van der Waals surface area contributed by atoms with Gasteiger partial charge in [-0.05, 0) is 37.8 Å². The Balaban J connectivity index is 1.87. The van der Waals surface area contributed by atoms with Gasteiger partial charge in [-0.3, -0.25) is 4.79 Å². The highest BCUT2D eigenvalue weighted by Crippen LogP contribution is 2.40. The molecule has 0 saturated carbocycles. The summed E-state index contributed by atoms with van der Waals surface area (Å²) in [6.45, 7) is 2.25. The second kappa shape index (κ2) is 6.75. The number of hydrogen-bond acceptors (Lipinski definition) is 4. The van der Waals surface area contributed by atoms with Crippen LogP contribution in [0.4, 0.5) is 0 Å². The van der Waals surface area contributed by atoms with Crippen LogP contribution in [0.15, 0.2) is 18.2 Å². The first-order chi connectivity index (χ1) is 9.63. The molecule has 4 nitrogen and oxygen atoms in total. The molecule has 2 unspecified atom stereocenters. The normalized spacial score (nSPS) is 20.7. The van der Waals surface area contributed by atoms with Crippen LogP contribution in [0, 0.1) is 0 Å². The SMILES string of the molecule is CCOC(=O)CCCCC1c2c(O)cccc2CC1N. The molecule has 0 radical (unpaired) electrons. The molecular weight excluding hydrogens is 254 g/mol. The number of aromatic hydroxyl groups is 1. The number of nitrogens with two attached hydrogens (primary N) is 1. The van der Waals surface area contributed by atoms with Gasteiger partial charge in [0.05, 0.1) is 6.61 Å². The van der Waals surface area contributed by atoms with E-state index < -0.39 is 0 Å². The van der Waals surface area contributed by atoms with Gasteiger partial charge >= 0.3 is 5.97 Å². The number of phenolic OH excluding ortho intramolecular Hbond substituents is 1. The van der Waals surface area contributed by atoms with Crippen LogP contribution in [0.2, 0.25) is 0 Å². The molecule has 20 heavy (non-hydrogen) atoms. The molecule has 2 rings (SSSR count). The number of esters is 1. The summed E-state index contributed by atoms with van der Waals surface area (Å²) in [5.41, 5.74) is 8.36. The van der Waals surface area contributed by atoms with Crippen LogP contribution >= 0.6 is 0 Å². The summed E-state index contributed by atoms with van der Waals surface area (Å²) in [5.74, 6) is 0.422. The molecule has 0 saturated heterocycles. The van der Waals surface area contributed by atoms with E-state index in [4.69, 9.17) is 10.5 Å². The minimum absolute atomic E-state index is 0.0703. The summed E-state index contributed by atoms with van der Waals surface area (Å²) in [5, 5.41) is 10.0. The van der Waals surface area contributed by atoms with Crippen LogP contribution in [0.25, 0.3) is 0 Å². The molecule has 0 spiro atoms. The zero-order chi connectivity index (χ0) is 14.5. The third-order valence-electron chi connectivity index (χ3n) is 3.97. The van der Waals surface area contributed by atoms with E-state index in [9.17, 15) is 9.90 Å². The molecule has 0 aliphatic heterocycles. The third kappa shape index (κ3) is 3.31. The first-order valence-corrected chi connectivity index (χ1v) is 7.35. The zero-order valence-corrected chi connectivity index (χ0v) is 12.0. The van der Waals surface area contributed by atoms with E-state index in [0.717, 1.165) is 36.8 Å². The number of benzene rings is 1. The Morgan fingerprint density at radius 2 is 2.25 bits per heavy atom. The molecular formula is C16H23NO3. The standard InChI is InChI=1S/C16H23NO3/c1-2-20-15(19)9-4-3-7-12-13(17)10-11-6-5-8-14(18)16(11)12/h5-6,8,12-13,18H,2-4,7,9-10,17H2,1H3. The summed E-state index contributed by atoms with van der Waals surface area (Å²) in [7, 11) is 0. The second-order valence-electron chi connectivity index (χ2n) is 5.38. The van der Waals surface area contributed by atoms with E-state index in [1.807, 2.05) is 19.1 Å². The fourth-order valence-electron chi connectivity index (χ4n) is 3.04. The lowest BCUT2D eigenvalue weighted by molar-refractivity contribution is -0.143. The summed E-state index contributed by atoms with van der Waals surface area (Å²) in [6.07, 6.45) is 3.93. The number of unbranched alkanes of at least 4 members (excludes halogenated alkanes) is 1. The summed E-state index contributed by atoms with van der Waals surface area (Å²) in [4.78, 5) is 11.3. The van der Waals surface area contributed by atoms with Crippen LogP contribution < -0.4 is 5.73 Å². The van der Waals surface area contributed by atoms with Gasteiger partial charge in [-0.25, -0.2) is 0 Å². The monoisotopic (exact) mass is 277 g/mol. The Hall–Kier alpha value is -1.55. The predicted octanol–water partition coefficient (Wildman–Crippen LogP) is 2.48. The number of phenols is 1. The molecule has 1 aromatic carbocycles. The Morgan fingerprint density at radius 1 is 1.45 bits per heavy atom. The van der Waals surface area contributed by atoms with E-state index >= 15 is 0 Å². The van der Waals surface area contributed by atoms with Crippen molar-refractivity contribution in [3.8, 4) is 5.75 Å². The van der Waals surface area contributed by atoms with Crippen molar-refractivity contribution in [3.05, 3.63) is 29.3 Å².